The van der Waals surface area contributed by atoms with Gasteiger partial charge in [-0.3, -0.25) is 0 Å². The minimum atomic E-state index is -0.668. The summed E-state index contributed by atoms with van der Waals surface area (Å²) in [5, 5.41) is 14.0. The Morgan fingerprint density at radius 3 is 2.76 bits per heavy atom. The molecule has 21 heavy (non-hydrogen) atoms. The highest BCUT2D eigenvalue weighted by Crippen LogP contribution is 2.25. The topological polar surface area (TPSA) is 90.1 Å². The molecule has 2 aromatic heterocycles. The third kappa shape index (κ3) is 2.27. The number of nitrogens with two attached hydrogens (primary N) is 1. The fourth-order valence-corrected chi connectivity index (χ4v) is 2.54. The Bertz CT molecular complexity index is 782. The molecule has 3 rings (SSSR count). The van der Waals surface area contributed by atoms with Crippen LogP contribution in [0.15, 0.2) is 22.7 Å². The summed E-state index contributed by atoms with van der Waals surface area (Å²) < 4.78 is 7.19. The van der Waals surface area contributed by atoms with Gasteiger partial charge in [0.25, 0.3) is 0 Å². The number of nitrogen functional groups attached to an aromatic ring is 1. The Labute approximate surface area is 122 Å². The van der Waals surface area contributed by atoms with Crippen molar-refractivity contribution in [3.63, 3.8) is 0 Å². The molecule has 6 nitrogen and oxygen atoms in total. The maximum Gasteiger partial charge on any atom is 0.138 e. The first-order valence-electron chi connectivity index (χ1n) is 6.83. The molecule has 2 heterocycles. The zero-order valence-electron chi connectivity index (χ0n) is 12.3. The van der Waals surface area contributed by atoms with Crippen LogP contribution in [0.25, 0.3) is 11.0 Å². The summed E-state index contributed by atoms with van der Waals surface area (Å²) in [6.45, 7) is 6.05. The Kier molecular flexibility index (Phi) is 3.17. The number of fused-ring (bicyclic) bond motifs is 1. The van der Waals surface area contributed by atoms with Crippen LogP contribution < -0.4 is 5.73 Å². The van der Waals surface area contributed by atoms with Gasteiger partial charge in [0.2, 0.25) is 0 Å². The molecule has 0 aliphatic rings. The summed E-state index contributed by atoms with van der Waals surface area (Å²) in [7, 11) is 0. The van der Waals surface area contributed by atoms with Crippen molar-refractivity contribution < 1.29 is 9.63 Å². The summed E-state index contributed by atoms with van der Waals surface area (Å²) in [4.78, 5) is 4.49. The molecular weight excluding hydrogens is 268 g/mol. The lowest BCUT2D eigenvalue weighted by molar-refractivity contribution is 0.185. The highest BCUT2D eigenvalue weighted by atomic mass is 16.5. The molecule has 0 aliphatic carbocycles. The number of aryl methyl sites for hydroxylation is 2. The van der Waals surface area contributed by atoms with Crippen molar-refractivity contribution in [2.75, 3.05) is 5.73 Å². The number of imidazole rings is 1. The van der Waals surface area contributed by atoms with E-state index in [1.165, 1.54) is 0 Å². The van der Waals surface area contributed by atoms with Crippen molar-refractivity contribution in [3.8, 4) is 0 Å². The van der Waals surface area contributed by atoms with Crippen LogP contribution in [-0.4, -0.2) is 19.8 Å². The average molecular weight is 286 g/mol. The lowest BCUT2D eigenvalue weighted by Crippen LogP contribution is -2.09. The summed E-state index contributed by atoms with van der Waals surface area (Å²) in [6, 6.07) is 5.56. The van der Waals surface area contributed by atoms with Crippen LogP contribution in [0.5, 0.6) is 0 Å². The highest BCUT2D eigenvalue weighted by molar-refractivity contribution is 5.79. The van der Waals surface area contributed by atoms with Crippen LogP contribution in [0.3, 0.4) is 0 Å². The number of hydrogen-bond acceptors (Lipinski definition) is 5. The Morgan fingerprint density at radius 2 is 2.14 bits per heavy atom. The van der Waals surface area contributed by atoms with Crippen LogP contribution in [0.4, 0.5) is 5.69 Å². The van der Waals surface area contributed by atoms with Crippen LogP contribution in [0.2, 0.25) is 0 Å². The van der Waals surface area contributed by atoms with Crippen molar-refractivity contribution >= 4 is 16.7 Å². The first-order chi connectivity index (χ1) is 9.97. The van der Waals surface area contributed by atoms with Crippen molar-refractivity contribution in [2.24, 2.45) is 0 Å². The largest absolute Gasteiger partial charge is 0.399 e. The molecule has 6 heteroatoms. The normalized spacial score (nSPS) is 13.0. The average Bonchev–Trinajstić information content (AvgIpc) is 2.94. The first kappa shape index (κ1) is 13.6. The molecule has 110 valence electrons. The summed E-state index contributed by atoms with van der Waals surface area (Å²) in [5.41, 5.74) is 10.0. The number of nitrogens with zero attached hydrogens (tertiary/aromatic N) is 3. The lowest BCUT2D eigenvalue weighted by Gasteiger charge is -2.10. The molecule has 0 aliphatic heterocycles. The smallest absolute Gasteiger partial charge is 0.138 e. The molecule has 0 radical (unpaired) electrons. The summed E-state index contributed by atoms with van der Waals surface area (Å²) in [6.07, 6.45) is -0.668. The van der Waals surface area contributed by atoms with E-state index in [4.69, 9.17) is 10.3 Å². The van der Waals surface area contributed by atoms with Crippen molar-refractivity contribution in [3.05, 3.63) is 41.0 Å². The van der Waals surface area contributed by atoms with E-state index in [9.17, 15) is 5.11 Å². The maximum absolute atomic E-state index is 9.99. The van der Waals surface area contributed by atoms with E-state index < -0.39 is 6.10 Å². The second-order valence-corrected chi connectivity index (χ2v) is 5.28. The standard InChI is InChI=1S/C15H18N4O2/c1-8-12(10(3)21-18-8)7-19-14-5-4-11(16)6-13(14)17-15(19)9(2)20/h4-6,9,20H,7,16H2,1-3H3. The molecule has 0 amide bonds. The van der Waals surface area contributed by atoms with E-state index in [0.717, 1.165) is 28.1 Å². The molecule has 0 saturated heterocycles. The molecule has 3 aromatic rings. The zero-order valence-corrected chi connectivity index (χ0v) is 12.3. The van der Waals surface area contributed by atoms with Gasteiger partial charge in [0.05, 0.1) is 23.3 Å². The number of rotatable bonds is 3. The zero-order chi connectivity index (χ0) is 15.1. The fourth-order valence-electron chi connectivity index (χ4n) is 2.54. The van der Waals surface area contributed by atoms with Crippen LogP contribution in [0, 0.1) is 13.8 Å². The van der Waals surface area contributed by atoms with Gasteiger partial charge in [-0.2, -0.15) is 0 Å². The molecule has 0 fully saturated rings. The Morgan fingerprint density at radius 1 is 1.38 bits per heavy atom. The Balaban J connectivity index is 2.18. The molecule has 0 saturated carbocycles. The molecular formula is C15H18N4O2. The van der Waals surface area contributed by atoms with Gasteiger partial charge in [-0.25, -0.2) is 4.98 Å². The van der Waals surface area contributed by atoms with Gasteiger partial charge in [-0.1, -0.05) is 5.16 Å². The molecule has 0 spiro atoms. The number of benzene rings is 1. The summed E-state index contributed by atoms with van der Waals surface area (Å²) >= 11 is 0. The molecule has 3 N–H and O–H groups in total. The third-order valence-corrected chi connectivity index (χ3v) is 3.67. The highest BCUT2D eigenvalue weighted by Gasteiger charge is 2.18. The van der Waals surface area contributed by atoms with Crippen LogP contribution in [-0.2, 0) is 6.54 Å². The SMILES string of the molecule is Cc1noc(C)c1Cn1c(C(C)O)nc2cc(N)ccc21. The number of aliphatic hydroxyl groups is 1. The van der Waals surface area contributed by atoms with Gasteiger partial charge in [-0.05, 0) is 39.0 Å². The minimum Gasteiger partial charge on any atom is -0.399 e. The Hall–Kier alpha value is -2.34. The number of hydrogen-bond donors (Lipinski definition) is 2. The predicted molar refractivity (Wildman–Crippen MR) is 79.9 cm³/mol. The van der Waals surface area contributed by atoms with Gasteiger partial charge in [0, 0.05) is 11.3 Å². The number of anilines is 1. The van der Waals surface area contributed by atoms with E-state index in [2.05, 4.69) is 10.1 Å². The van der Waals surface area contributed by atoms with Gasteiger partial charge >= 0.3 is 0 Å². The van der Waals surface area contributed by atoms with E-state index in [1.54, 1.807) is 6.92 Å². The van der Waals surface area contributed by atoms with Gasteiger partial charge in [0.1, 0.15) is 17.7 Å². The van der Waals surface area contributed by atoms with Gasteiger partial charge in [-0.15, -0.1) is 0 Å². The van der Waals surface area contributed by atoms with Crippen molar-refractivity contribution in [1.29, 1.82) is 0 Å². The molecule has 0 bridgehead atoms. The second-order valence-electron chi connectivity index (χ2n) is 5.28. The van der Waals surface area contributed by atoms with Crippen molar-refractivity contribution in [2.45, 2.75) is 33.4 Å². The monoisotopic (exact) mass is 286 g/mol. The van der Waals surface area contributed by atoms with E-state index >= 15 is 0 Å². The lowest BCUT2D eigenvalue weighted by atomic mass is 10.2. The third-order valence-electron chi connectivity index (χ3n) is 3.67. The minimum absolute atomic E-state index is 0.557. The maximum atomic E-state index is 9.99. The van der Waals surface area contributed by atoms with Gasteiger partial charge < -0.3 is 19.9 Å². The summed E-state index contributed by atoms with van der Waals surface area (Å²) in [5.74, 6) is 1.39. The molecule has 1 aromatic carbocycles. The van der Waals surface area contributed by atoms with Crippen LogP contribution in [0.1, 0.15) is 35.9 Å². The van der Waals surface area contributed by atoms with E-state index in [0.29, 0.717) is 18.1 Å². The number of aliphatic hydroxyl groups excluding tert-OH is 1. The predicted octanol–water partition coefficient (Wildman–Crippen LogP) is 2.32. The van der Waals surface area contributed by atoms with Gasteiger partial charge in [0.15, 0.2) is 0 Å². The van der Waals surface area contributed by atoms with Crippen molar-refractivity contribution in [1.82, 2.24) is 14.7 Å². The van der Waals surface area contributed by atoms with E-state index in [1.807, 2.05) is 36.6 Å². The second kappa shape index (κ2) is 4.89. The van der Waals surface area contributed by atoms with Crippen LogP contribution >= 0.6 is 0 Å². The molecule has 1 unspecified atom stereocenters. The molecule has 1 atom stereocenters. The first-order valence-corrected chi connectivity index (χ1v) is 6.83. The van der Waals surface area contributed by atoms with E-state index in [-0.39, 0.29) is 0 Å². The number of aromatic nitrogens is 3. The quantitative estimate of drug-likeness (QED) is 0.721. The fraction of sp³-hybridized carbons (Fsp3) is 0.333.